The van der Waals surface area contributed by atoms with E-state index < -0.39 is 0 Å². The molecule has 0 radical (unpaired) electrons. The second-order valence-electron chi connectivity index (χ2n) is 4.41. The third-order valence-corrected chi connectivity index (χ3v) is 4.37. The van der Waals surface area contributed by atoms with Crippen LogP contribution in [0.15, 0.2) is 42.7 Å². The minimum absolute atomic E-state index is 0.222. The highest BCUT2D eigenvalue weighted by atomic mass is 32.2. The molecule has 18 heavy (non-hydrogen) atoms. The maximum absolute atomic E-state index is 5.69. The number of thioether (sulfide) groups is 1. The molecule has 1 saturated heterocycles. The second-order valence-corrected chi connectivity index (χ2v) is 5.58. The minimum Gasteiger partial charge on any atom is -0.362 e. The number of hydrogen-bond donors (Lipinski definition) is 0. The molecule has 2 nitrogen and oxygen atoms in total. The quantitative estimate of drug-likeness (QED) is 0.832. The minimum atomic E-state index is 0.222. The number of para-hydroxylation sites is 1. The molecule has 0 saturated carbocycles. The van der Waals surface area contributed by atoms with Gasteiger partial charge in [-0.05, 0) is 24.1 Å². The summed E-state index contributed by atoms with van der Waals surface area (Å²) in [5, 5.41) is 0. The van der Waals surface area contributed by atoms with Crippen LogP contribution >= 0.6 is 11.8 Å². The molecule has 0 amide bonds. The molecular weight excluding hydrogens is 242 g/mol. The highest BCUT2D eigenvalue weighted by molar-refractivity contribution is 7.99. The van der Waals surface area contributed by atoms with Gasteiger partial charge >= 0.3 is 0 Å². The van der Waals surface area contributed by atoms with Gasteiger partial charge in [-0.2, -0.15) is 0 Å². The average Bonchev–Trinajstić information content (AvgIpc) is 3.09. The molecule has 1 fully saturated rings. The first-order valence-electron chi connectivity index (χ1n) is 6.38. The van der Waals surface area contributed by atoms with Crippen LogP contribution in [-0.4, -0.2) is 16.9 Å². The maximum Gasteiger partial charge on any atom is 0.130 e. The van der Waals surface area contributed by atoms with Gasteiger partial charge in [0.15, 0.2) is 0 Å². The van der Waals surface area contributed by atoms with Crippen LogP contribution in [0, 0.1) is 0 Å². The van der Waals surface area contributed by atoms with Gasteiger partial charge < -0.3 is 9.30 Å². The van der Waals surface area contributed by atoms with Crippen molar-refractivity contribution in [2.75, 3.05) is 12.4 Å². The summed E-state index contributed by atoms with van der Waals surface area (Å²) in [7, 11) is 0. The Morgan fingerprint density at radius 1 is 1.33 bits per heavy atom. The Labute approximate surface area is 112 Å². The van der Waals surface area contributed by atoms with Gasteiger partial charge in [-0.15, -0.1) is 11.8 Å². The third-order valence-electron chi connectivity index (χ3n) is 3.26. The molecule has 0 aliphatic carbocycles. The summed E-state index contributed by atoms with van der Waals surface area (Å²) < 4.78 is 7.90. The van der Waals surface area contributed by atoms with Crippen molar-refractivity contribution in [1.82, 2.24) is 4.57 Å². The predicted molar refractivity (Wildman–Crippen MR) is 76.3 cm³/mol. The fourth-order valence-electron chi connectivity index (χ4n) is 2.31. The molecule has 94 valence electrons. The van der Waals surface area contributed by atoms with Crippen molar-refractivity contribution >= 4 is 11.8 Å². The molecule has 1 aromatic heterocycles. The van der Waals surface area contributed by atoms with E-state index in [1.807, 2.05) is 11.8 Å². The normalized spacial score (nSPS) is 19.3. The molecule has 1 aliphatic rings. The predicted octanol–water partition coefficient (Wildman–Crippen LogP) is 3.80. The van der Waals surface area contributed by atoms with Crippen LogP contribution < -0.4 is 0 Å². The van der Waals surface area contributed by atoms with E-state index in [2.05, 4.69) is 54.2 Å². The first kappa shape index (κ1) is 11.9. The zero-order valence-corrected chi connectivity index (χ0v) is 11.3. The zero-order valence-electron chi connectivity index (χ0n) is 10.5. The van der Waals surface area contributed by atoms with Crippen molar-refractivity contribution in [3.8, 4) is 5.69 Å². The molecule has 0 unspecified atom stereocenters. The Kier molecular flexibility index (Phi) is 3.43. The fraction of sp³-hybridized carbons (Fsp3) is 0.333. The SMILES string of the molecule is CCc1ccccc1-n1ccc([C@H]2OCCS2)c1. The largest absolute Gasteiger partial charge is 0.362 e. The maximum atomic E-state index is 5.69. The van der Waals surface area contributed by atoms with E-state index in [4.69, 9.17) is 4.74 Å². The highest BCUT2D eigenvalue weighted by Crippen LogP contribution is 2.35. The van der Waals surface area contributed by atoms with Crippen molar-refractivity contribution in [2.45, 2.75) is 18.8 Å². The van der Waals surface area contributed by atoms with Crippen LogP contribution in [0.2, 0.25) is 0 Å². The molecule has 0 N–H and O–H groups in total. The van der Waals surface area contributed by atoms with Gasteiger partial charge in [0.2, 0.25) is 0 Å². The molecule has 0 bridgehead atoms. The van der Waals surface area contributed by atoms with E-state index in [9.17, 15) is 0 Å². The number of nitrogens with zero attached hydrogens (tertiary/aromatic N) is 1. The summed E-state index contributed by atoms with van der Waals surface area (Å²) >= 11 is 1.88. The third kappa shape index (κ3) is 2.20. The van der Waals surface area contributed by atoms with Crippen molar-refractivity contribution in [3.05, 3.63) is 53.9 Å². The van der Waals surface area contributed by atoms with Crippen molar-refractivity contribution < 1.29 is 4.74 Å². The van der Waals surface area contributed by atoms with Crippen molar-refractivity contribution in [1.29, 1.82) is 0 Å². The topological polar surface area (TPSA) is 14.2 Å². The molecular formula is C15H17NOS. The molecule has 2 aromatic rings. The molecule has 1 aromatic carbocycles. The van der Waals surface area contributed by atoms with Crippen LogP contribution in [0.5, 0.6) is 0 Å². The van der Waals surface area contributed by atoms with Crippen LogP contribution in [0.25, 0.3) is 5.69 Å². The van der Waals surface area contributed by atoms with E-state index in [0.29, 0.717) is 0 Å². The van der Waals surface area contributed by atoms with Crippen LogP contribution in [-0.2, 0) is 11.2 Å². The monoisotopic (exact) mass is 259 g/mol. The summed E-state index contributed by atoms with van der Waals surface area (Å²) in [5.74, 6) is 1.10. The van der Waals surface area contributed by atoms with Gasteiger partial charge in [0.05, 0.1) is 6.61 Å². The Bertz CT molecular complexity index is 529. The highest BCUT2D eigenvalue weighted by Gasteiger charge is 2.19. The average molecular weight is 259 g/mol. The lowest BCUT2D eigenvalue weighted by molar-refractivity contribution is 0.145. The summed E-state index contributed by atoms with van der Waals surface area (Å²) in [6.07, 6.45) is 5.38. The van der Waals surface area contributed by atoms with E-state index in [-0.39, 0.29) is 5.44 Å². The Morgan fingerprint density at radius 2 is 2.22 bits per heavy atom. The standard InChI is InChI=1S/C15H17NOS/c1-2-12-5-3-4-6-14(12)16-8-7-13(11-16)15-17-9-10-18-15/h3-8,11,15H,2,9-10H2,1H3/t15-/m0/s1. The lowest BCUT2D eigenvalue weighted by Gasteiger charge is -2.09. The molecule has 3 heteroatoms. The van der Waals surface area contributed by atoms with Crippen LogP contribution in [0.1, 0.15) is 23.5 Å². The van der Waals surface area contributed by atoms with Gasteiger partial charge in [0.25, 0.3) is 0 Å². The van der Waals surface area contributed by atoms with Gasteiger partial charge in [0.1, 0.15) is 5.44 Å². The molecule has 1 atom stereocenters. The molecule has 2 heterocycles. The molecule has 1 aliphatic heterocycles. The van der Waals surface area contributed by atoms with Gasteiger partial charge in [0, 0.05) is 29.4 Å². The van der Waals surface area contributed by atoms with E-state index >= 15 is 0 Å². The second kappa shape index (κ2) is 5.21. The Balaban J connectivity index is 1.92. The molecule has 0 spiro atoms. The Hall–Kier alpha value is -1.19. The summed E-state index contributed by atoms with van der Waals surface area (Å²) in [4.78, 5) is 0. The van der Waals surface area contributed by atoms with E-state index in [0.717, 1.165) is 18.8 Å². The smallest absolute Gasteiger partial charge is 0.130 e. The lowest BCUT2D eigenvalue weighted by Crippen LogP contribution is -1.96. The number of benzene rings is 1. The van der Waals surface area contributed by atoms with Crippen molar-refractivity contribution in [3.63, 3.8) is 0 Å². The molecule has 3 rings (SSSR count). The van der Waals surface area contributed by atoms with E-state index in [1.165, 1.54) is 16.8 Å². The van der Waals surface area contributed by atoms with Gasteiger partial charge in [-0.1, -0.05) is 25.1 Å². The number of aryl methyl sites for hydroxylation is 1. The summed E-state index contributed by atoms with van der Waals surface area (Å²) in [6.45, 7) is 3.06. The summed E-state index contributed by atoms with van der Waals surface area (Å²) in [5.41, 5.74) is 4.14. The fourth-order valence-corrected chi connectivity index (χ4v) is 3.25. The number of hydrogen-bond acceptors (Lipinski definition) is 2. The number of aromatic nitrogens is 1. The first-order chi connectivity index (χ1) is 8.88. The van der Waals surface area contributed by atoms with Gasteiger partial charge in [-0.3, -0.25) is 0 Å². The lowest BCUT2D eigenvalue weighted by atomic mass is 10.1. The number of ether oxygens (including phenoxy) is 1. The number of rotatable bonds is 3. The van der Waals surface area contributed by atoms with Crippen LogP contribution in [0.4, 0.5) is 0 Å². The van der Waals surface area contributed by atoms with Crippen LogP contribution in [0.3, 0.4) is 0 Å². The van der Waals surface area contributed by atoms with Gasteiger partial charge in [-0.25, -0.2) is 0 Å². The van der Waals surface area contributed by atoms with Crippen molar-refractivity contribution in [2.24, 2.45) is 0 Å². The van der Waals surface area contributed by atoms with E-state index in [1.54, 1.807) is 0 Å². The zero-order chi connectivity index (χ0) is 12.4. The first-order valence-corrected chi connectivity index (χ1v) is 7.42. The summed E-state index contributed by atoms with van der Waals surface area (Å²) in [6, 6.07) is 10.7. The Morgan fingerprint density at radius 3 is 3.00 bits per heavy atom.